The van der Waals surface area contributed by atoms with Crippen molar-refractivity contribution in [2.45, 2.75) is 25.4 Å². The molecule has 0 spiro atoms. The molecule has 1 aliphatic heterocycles. The highest BCUT2D eigenvalue weighted by atomic mass is 19.4. The van der Waals surface area contributed by atoms with Gasteiger partial charge in [0.2, 0.25) is 5.91 Å². The van der Waals surface area contributed by atoms with Crippen molar-refractivity contribution in [2.24, 2.45) is 0 Å². The Balaban J connectivity index is 1.72. The zero-order chi connectivity index (χ0) is 21.7. The van der Waals surface area contributed by atoms with Crippen molar-refractivity contribution in [1.29, 1.82) is 0 Å². The summed E-state index contributed by atoms with van der Waals surface area (Å²) in [6, 6.07) is 8.19. The summed E-state index contributed by atoms with van der Waals surface area (Å²) in [5.74, 6) is -1.94. The Labute approximate surface area is 171 Å². The number of halogens is 4. The van der Waals surface area contributed by atoms with Gasteiger partial charge < -0.3 is 15.5 Å². The van der Waals surface area contributed by atoms with Gasteiger partial charge in [-0.15, -0.1) is 0 Å². The third kappa shape index (κ3) is 5.49. The molecule has 1 heterocycles. The summed E-state index contributed by atoms with van der Waals surface area (Å²) in [4.78, 5) is 26.3. The highest BCUT2D eigenvalue weighted by Gasteiger charge is 2.32. The Kier molecular flexibility index (Phi) is 6.59. The lowest BCUT2D eigenvalue weighted by Gasteiger charge is -2.31. The van der Waals surface area contributed by atoms with E-state index in [-0.39, 0.29) is 11.3 Å². The smallest absolute Gasteiger partial charge is 0.370 e. The molecule has 0 saturated carbocycles. The van der Waals surface area contributed by atoms with Gasteiger partial charge in [-0.2, -0.15) is 13.2 Å². The third-order valence-electron chi connectivity index (χ3n) is 4.79. The van der Waals surface area contributed by atoms with Crippen LogP contribution in [0.2, 0.25) is 0 Å². The number of benzene rings is 2. The Bertz CT molecular complexity index is 925. The van der Waals surface area contributed by atoms with Gasteiger partial charge in [-0.05, 0) is 55.7 Å². The fraction of sp³-hybridized carbons (Fsp3) is 0.333. The first-order valence-corrected chi connectivity index (χ1v) is 9.54. The lowest BCUT2D eigenvalue weighted by molar-refractivity contribution is -0.137. The fourth-order valence-corrected chi connectivity index (χ4v) is 3.31. The number of hydrogen-bond acceptors (Lipinski definition) is 3. The Morgan fingerprint density at radius 3 is 2.40 bits per heavy atom. The summed E-state index contributed by atoms with van der Waals surface area (Å²) in [5, 5.41) is 4.81. The number of alkyl halides is 3. The summed E-state index contributed by atoms with van der Waals surface area (Å²) in [7, 11) is 0. The summed E-state index contributed by atoms with van der Waals surface area (Å²) in [5.41, 5.74) is -0.289. The molecule has 0 radical (unpaired) electrons. The predicted molar refractivity (Wildman–Crippen MR) is 105 cm³/mol. The van der Waals surface area contributed by atoms with E-state index in [0.717, 1.165) is 37.5 Å². The molecule has 30 heavy (non-hydrogen) atoms. The average Bonchev–Trinajstić information content (AvgIpc) is 2.72. The summed E-state index contributed by atoms with van der Waals surface area (Å²) >= 11 is 0. The maximum absolute atomic E-state index is 13.2. The van der Waals surface area contributed by atoms with Crippen molar-refractivity contribution in [3.8, 4) is 0 Å². The van der Waals surface area contributed by atoms with E-state index < -0.39 is 35.9 Å². The van der Waals surface area contributed by atoms with Crippen LogP contribution in [-0.2, 0) is 11.0 Å². The number of amides is 2. The second-order valence-corrected chi connectivity index (χ2v) is 7.02. The molecule has 5 nitrogen and oxygen atoms in total. The number of nitrogens with one attached hydrogen (secondary N) is 2. The third-order valence-corrected chi connectivity index (χ3v) is 4.79. The second-order valence-electron chi connectivity index (χ2n) is 7.02. The van der Waals surface area contributed by atoms with Crippen LogP contribution in [0.4, 0.5) is 28.9 Å². The van der Waals surface area contributed by atoms with Crippen LogP contribution in [0.1, 0.15) is 35.2 Å². The van der Waals surface area contributed by atoms with Crippen molar-refractivity contribution in [1.82, 2.24) is 5.32 Å². The molecular formula is C21H21F4N3O2. The molecule has 9 heteroatoms. The first-order valence-electron chi connectivity index (χ1n) is 9.54. The summed E-state index contributed by atoms with van der Waals surface area (Å²) in [6.45, 7) is 0.903. The van der Waals surface area contributed by atoms with E-state index in [4.69, 9.17) is 0 Å². The molecule has 3 rings (SSSR count). The van der Waals surface area contributed by atoms with Gasteiger partial charge >= 0.3 is 6.18 Å². The Hall–Kier alpha value is -3.10. The van der Waals surface area contributed by atoms with Crippen LogP contribution in [0.15, 0.2) is 42.5 Å². The topological polar surface area (TPSA) is 61.4 Å². The molecule has 0 atom stereocenters. The van der Waals surface area contributed by atoms with Crippen molar-refractivity contribution in [3.63, 3.8) is 0 Å². The molecular weight excluding hydrogens is 402 g/mol. The maximum Gasteiger partial charge on any atom is 0.416 e. The summed E-state index contributed by atoms with van der Waals surface area (Å²) < 4.78 is 52.6. The number of rotatable bonds is 5. The number of hydrogen-bond donors (Lipinski definition) is 2. The molecule has 1 saturated heterocycles. The van der Waals surface area contributed by atoms with Crippen LogP contribution in [0, 0.1) is 5.82 Å². The van der Waals surface area contributed by atoms with E-state index in [0.29, 0.717) is 18.8 Å². The average molecular weight is 423 g/mol. The van der Waals surface area contributed by atoms with Gasteiger partial charge in [-0.3, -0.25) is 9.59 Å². The van der Waals surface area contributed by atoms with E-state index >= 15 is 0 Å². The monoisotopic (exact) mass is 423 g/mol. The first-order chi connectivity index (χ1) is 14.2. The number of carbonyl (C=O) groups excluding carboxylic acids is 2. The quantitative estimate of drug-likeness (QED) is 0.709. The molecule has 2 aromatic carbocycles. The molecule has 0 bridgehead atoms. The van der Waals surface area contributed by atoms with Gasteiger partial charge in [0.25, 0.3) is 5.91 Å². The van der Waals surface area contributed by atoms with Crippen molar-refractivity contribution in [3.05, 3.63) is 59.4 Å². The van der Waals surface area contributed by atoms with E-state index in [1.54, 1.807) is 0 Å². The second kappa shape index (κ2) is 9.15. The number of nitrogens with zero attached hydrogens (tertiary/aromatic N) is 1. The first kappa shape index (κ1) is 21.6. The van der Waals surface area contributed by atoms with E-state index in [9.17, 15) is 27.2 Å². The van der Waals surface area contributed by atoms with Gasteiger partial charge in [0.15, 0.2) is 0 Å². The predicted octanol–water partition coefficient (Wildman–Crippen LogP) is 4.20. The minimum absolute atomic E-state index is 0.0378. The van der Waals surface area contributed by atoms with Gasteiger partial charge in [0, 0.05) is 18.7 Å². The zero-order valence-corrected chi connectivity index (χ0v) is 16.1. The maximum atomic E-state index is 13.2. The van der Waals surface area contributed by atoms with Crippen molar-refractivity contribution >= 4 is 23.2 Å². The number of carbonyl (C=O) groups is 2. The van der Waals surface area contributed by atoms with E-state index in [1.807, 2.05) is 4.90 Å². The standard InChI is InChI=1S/C21H21F4N3O2/c22-16-6-4-5-14(11-16)20(30)26-13-19(29)27-17-12-15(21(23,24)25)7-8-18(17)28-9-2-1-3-10-28/h4-8,11-12H,1-3,9-10,13H2,(H,26,30)(H,27,29). The van der Waals surface area contributed by atoms with E-state index in [1.165, 1.54) is 24.3 Å². The largest absolute Gasteiger partial charge is 0.416 e. The van der Waals surface area contributed by atoms with Crippen LogP contribution in [-0.4, -0.2) is 31.4 Å². The SMILES string of the molecule is O=C(CNC(=O)c1cccc(F)c1)Nc1cc(C(F)(F)F)ccc1N1CCCCC1. The normalized spacial score (nSPS) is 14.3. The highest BCUT2D eigenvalue weighted by molar-refractivity contribution is 6.00. The summed E-state index contributed by atoms with van der Waals surface area (Å²) in [6.07, 6.45) is -1.67. The van der Waals surface area contributed by atoms with Crippen molar-refractivity contribution in [2.75, 3.05) is 29.9 Å². The molecule has 2 aromatic rings. The molecule has 0 aliphatic carbocycles. The van der Waals surface area contributed by atoms with E-state index in [2.05, 4.69) is 10.6 Å². The van der Waals surface area contributed by atoms with Crippen LogP contribution in [0.3, 0.4) is 0 Å². The zero-order valence-electron chi connectivity index (χ0n) is 16.1. The molecule has 1 fully saturated rings. The molecule has 160 valence electrons. The molecule has 2 N–H and O–H groups in total. The van der Waals surface area contributed by atoms with Crippen LogP contribution >= 0.6 is 0 Å². The lowest BCUT2D eigenvalue weighted by atomic mass is 10.1. The fourth-order valence-electron chi connectivity index (χ4n) is 3.31. The van der Waals surface area contributed by atoms with Crippen LogP contribution in [0.25, 0.3) is 0 Å². The van der Waals surface area contributed by atoms with Gasteiger partial charge in [0.1, 0.15) is 5.82 Å². The Morgan fingerprint density at radius 2 is 1.73 bits per heavy atom. The highest BCUT2D eigenvalue weighted by Crippen LogP contribution is 2.36. The molecule has 2 amide bonds. The minimum Gasteiger partial charge on any atom is -0.370 e. The van der Waals surface area contributed by atoms with Gasteiger partial charge in [-0.1, -0.05) is 6.07 Å². The Morgan fingerprint density at radius 1 is 1.00 bits per heavy atom. The molecule has 0 aromatic heterocycles. The van der Waals surface area contributed by atoms with Crippen molar-refractivity contribution < 1.29 is 27.2 Å². The lowest BCUT2D eigenvalue weighted by Crippen LogP contribution is -2.34. The number of piperidine rings is 1. The van der Waals surface area contributed by atoms with Crippen LogP contribution in [0.5, 0.6) is 0 Å². The van der Waals surface area contributed by atoms with Gasteiger partial charge in [0.05, 0.1) is 23.5 Å². The number of anilines is 2. The minimum atomic E-state index is -4.55. The van der Waals surface area contributed by atoms with Crippen LogP contribution < -0.4 is 15.5 Å². The molecule has 0 unspecified atom stereocenters. The van der Waals surface area contributed by atoms with Gasteiger partial charge in [-0.25, -0.2) is 4.39 Å². The molecule has 1 aliphatic rings.